The zero-order valence-electron chi connectivity index (χ0n) is 12.1. The van der Waals surface area contributed by atoms with Crippen LogP contribution in [0.3, 0.4) is 0 Å². The van der Waals surface area contributed by atoms with Gasteiger partial charge in [0.05, 0.1) is 31.6 Å². The Labute approximate surface area is 124 Å². The van der Waals surface area contributed by atoms with Crippen LogP contribution < -0.4 is 10.1 Å². The van der Waals surface area contributed by atoms with E-state index in [9.17, 15) is 4.79 Å². The van der Waals surface area contributed by atoms with E-state index in [2.05, 4.69) is 11.4 Å². The van der Waals surface area contributed by atoms with Gasteiger partial charge in [-0.15, -0.1) is 0 Å². The minimum absolute atomic E-state index is 0.104. The summed E-state index contributed by atoms with van der Waals surface area (Å²) in [7, 11) is 1.58. The molecule has 2 rings (SSSR count). The minimum Gasteiger partial charge on any atom is -0.497 e. The van der Waals surface area contributed by atoms with Crippen LogP contribution in [-0.2, 0) is 9.53 Å². The predicted octanol–water partition coefficient (Wildman–Crippen LogP) is 1.23. The molecule has 0 unspecified atom stereocenters. The van der Waals surface area contributed by atoms with E-state index in [1.165, 1.54) is 0 Å². The summed E-state index contributed by atoms with van der Waals surface area (Å²) in [6, 6.07) is 7.32. The summed E-state index contributed by atoms with van der Waals surface area (Å²) < 4.78 is 10.4. The molecule has 0 aromatic heterocycles. The normalized spacial score (nSPS) is 14.4. The summed E-state index contributed by atoms with van der Waals surface area (Å²) in [4.78, 5) is 13.8. The number of nitrogens with zero attached hydrogens (tertiary/aromatic N) is 2. The number of hydrogen-bond acceptors (Lipinski definition) is 5. The highest BCUT2D eigenvalue weighted by molar-refractivity contribution is 5.77. The Morgan fingerprint density at radius 3 is 2.90 bits per heavy atom. The monoisotopic (exact) mass is 289 g/mol. The molecule has 1 amide bonds. The molecule has 6 nitrogen and oxygen atoms in total. The van der Waals surface area contributed by atoms with Gasteiger partial charge >= 0.3 is 0 Å². The first-order valence-electron chi connectivity index (χ1n) is 6.92. The molecule has 1 aliphatic heterocycles. The van der Waals surface area contributed by atoms with Gasteiger partial charge in [0.2, 0.25) is 5.91 Å². The van der Waals surface area contributed by atoms with Gasteiger partial charge in [0.15, 0.2) is 0 Å². The number of carbonyl (C=O) groups is 1. The number of benzene rings is 1. The zero-order valence-corrected chi connectivity index (χ0v) is 12.1. The quantitative estimate of drug-likeness (QED) is 0.882. The van der Waals surface area contributed by atoms with Crippen molar-refractivity contribution < 1.29 is 14.3 Å². The van der Waals surface area contributed by atoms with Crippen molar-refractivity contribution in [3.8, 4) is 11.8 Å². The molecule has 21 heavy (non-hydrogen) atoms. The highest BCUT2D eigenvalue weighted by Gasteiger charge is 2.16. The molecule has 0 aliphatic carbocycles. The molecule has 0 radical (unpaired) electrons. The van der Waals surface area contributed by atoms with E-state index >= 15 is 0 Å². The van der Waals surface area contributed by atoms with Gasteiger partial charge in [-0.3, -0.25) is 4.79 Å². The lowest BCUT2D eigenvalue weighted by atomic mass is 10.2. The highest BCUT2D eigenvalue weighted by Crippen LogP contribution is 2.21. The minimum atomic E-state index is 0.104. The van der Waals surface area contributed by atoms with Gasteiger partial charge in [0, 0.05) is 32.1 Å². The molecular formula is C15H19N3O3. The van der Waals surface area contributed by atoms with Gasteiger partial charge in [0.25, 0.3) is 0 Å². The first-order chi connectivity index (χ1) is 10.2. The third-order valence-corrected chi connectivity index (χ3v) is 3.37. The number of amides is 1. The first kappa shape index (κ1) is 15.1. The summed E-state index contributed by atoms with van der Waals surface area (Å²) in [5, 5.41) is 12.2. The van der Waals surface area contributed by atoms with Gasteiger partial charge in [-0.25, -0.2) is 0 Å². The van der Waals surface area contributed by atoms with Crippen molar-refractivity contribution in [1.82, 2.24) is 4.90 Å². The summed E-state index contributed by atoms with van der Waals surface area (Å²) >= 11 is 0. The Morgan fingerprint density at radius 1 is 1.48 bits per heavy atom. The van der Waals surface area contributed by atoms with E-state index in [0.29, 0.717) is 56.3 Å². The Morgan fingerprint density at radius 2 is 2.24 bits per heavy atom. The van der Waals surface area contributed by atoms with Crippen LogP contribution in [0.2, 0.25) is 0 Å². The van der Waals surface area contributed by atoms with Crippen LogP contribution in [-0.4, -0.2) is 50.8 Å². The van der Waals surface area contributed by atoms with Gasteiger partial charge in [-0.1, -0.05) is 0 Å². The number of carbonyl (C=O) groups excluding carboxylic acids is 1. The SMILES string of the molecule is COc1ccc(C#N)c(NCCC(=O)N2CCOCC2)c1. The number of nitriles is 1. The van der Waals surface area contributed by atoms with Crippen molar-refractivity contribution in [3.63, 3.8) is 0 Å². The Bertz CT molecular complexity index is 533. The van der Waals surface area contributed by atoms with E-state index in [4.69, 9.17) is 14.7 Å². The van der Waals surface area contributed by atoms with E-state index in [0.717, 1.165) is 0 Å². The zero-order chi connectivity index (χ0) is 15.1. The summed E-state index contributed by atoms with van der Waals surface area (Å²) in [5.41, 5.74) is 1.22. The maximum atomic E-state index is 12.0. The topological polar surface area (TPSA) is 74.6 Å². The number of rotatable bonds is 5. The molecule has 0 bridgehead atoms. The van der Waals surface area contributed by atoms with Crippen LogP contribution in [0.1, 0.15) is 12.0 Å². The van der Waals surface area contributed by atoms with Crippen molar-refractivity contribution in [3.05, 3.63) is 23.8 Å². The van der Waals surface area contributed by atoms with Crippen molar-refractivity contribution in [2.75, 3.05) is 45.3 Å². The third kappa shape index (κ3) is 4.10. The molecule has 1 N–H and O–H groups in total. The van der Waals surface area contributed by atoms with E-state index in [1.54, 1.807) is 25.3 Å². The van der Waals surface area contributed by atoms with E-state index in [-0.39, 0.29) is 5.91 Å². The van der Waals surface area contributed by atoms with Crippen molar-refractivity contribution in [2.45, 2.75) is 6.42 Å². The maximum Gasteiger partial charge on any atom is 0.224 e. The largest absolute Gasteiger partial charge is 0.497 e. The number of nitrogens with one attached hydrogen (secondary N) is 1. The maximum absolute atomic E-state index is 12.0. The molecule has 0 spiro atoms. The fourth-order valence-corrected chi connectivity index (χ4v) is 2.17. The molecule has 1 fully saturated rings. The van der Waals surface area contributed by atoms with Gasteiger partial charge in [-0.2, -0.15) is 5.26 Å². The van der Waals surface area contributed by atoms with E-state index < -0.39 is 0 Å². The lowest BCUT2D eigenvalue weighted by Gasteiger charge is -2.27. The Balaban J connectivity index is 1.88. The second kappa shape index (κ2) is 7.50. The van der Waals surface area contributed by atoms with Gasteiger partial charge in [-0.05, 0) is 12.1 Å². The standard InChI is InChI=1S/C15H19N3O3/c1-20-13-3-2-12(11-16)14(10-13)17-5-4-15(19)18-6-8-21-9-7-18/h2-3,10,17H,4-9H2,1H3. The van der Waals surface area contributed by atoms with Crippen molar-refractivity contribution in [1.29, 1.82) is 5.26 Å². The lowest BCUT2D eigenvalue weighted by molar-refractivity contribution is -0.134. The fraction of sp³-hybridized carbons (Fsp3) is 0.467. The van der Waals surface area contributed by atoms with Gasteiger partial charge in [0.1, 0.15) is 11.8 Å². The number of anilines is 1. The summed E-state index contributed by atoms with van der Waals surface area (Å²) in [6.45, 7) is 3.00. The number of hydrogen-bond donors (Lipinski definition) is 1. The molecule has 1 aromatic carbocycles. The average Bonchev–Trinajstić information content (AvgIpc) is 2.55. The Hall–Kier alpha value is -2.26. The van der Waals surface area contributed by atoms with Crippen molar-refractivity contribution >= 4 is 11.6 Å². The first-order valence-corrected chi connectivity index (χ1v) is 6.92. The van der Waals surface area contributed by atoms with Crippen LogP contribution >= 0.6 is 0 Å². The molecule has 1 heterocycles. The Kier molecular flexibility index (Phi) is 5.41. The lowest BCUT2D eigenvalue weighted by Crippen LogP contribution is -2.41. The van der Waals surface area contributed by atoms with Crippen molar-refractivity contribution in [2.24, 2.45) is 0 Å². The highest BCUT2D eigenvalue weighted by atomic mass is 16.5. The van der Waals surface area contributed by atoms with Crippen LogP contribution in [0, 0.1) is 11.3 Å². The van der Waals surface area contributed by atoms with Crippen LogP contribution in [0.15, 0.2) is 18.2 Å². The molecule has 1 saturated heterocycles. The number of morpholine rings is 1. The molecule has 1 aromatic rings. The average molecular weight is 289 g/mol. The molecular weight excluding hydrogens is 270 g/mol. The van der Waals surface area contributed by atoms with Crippen LogP contribution in [0.4, 0.5) is 5.69 Å². The molecule has 6 heteroatoms. The second-order valence-corrected chi connectivity index (χ2v) is 4.69. The molecule has 0 atom stereocenters. The van der Waals surface area contributed by atoms with Crippen LogP contribution in [0.25, 0.3) is 0 Å². The molecule has 0 saturated carbocycles. The van der Waals surface area contributed by atoms with Gasteiger partial charge < -0.3 is 19.7 Å². The smallest absolute Gasteiger partial charge is 0.224 e. The molecule has 1 aliphatic rings. The summed E-state index contributed by atoms with van der Waals surface area (Å²) in [6.07, 6.45) is 0.391. The fourth-order valence-electron chi connectivity index (χ4n) is 2.17. The van der Waals surface area contributed by atoms with E-state index in [1.807, 2.05) is 4.90 Å². The summed E-state index contributed by atoms with van der Waals surface area (Å²) in [5.74, 6) is 0.781. The second-order valence-electron chi connectivity index (χ2n) is 4.69. The third-order valence-electron chi connectivity index (χ3n) is 3.37. The van der Waals surface area contributed by atoms with Crippen LogP contribution in [0.5, 0.6) is 5.75 Å². The predicted molar refractivity (Wildman–Crippen MR) is 78.2 cm³/mol. The molecule has 112 valence electrons. The number of methoxy groups -OCH3 is 1. The number of ether oxygens (including phenoxy) is 2.